The van der Waals surface area contributed by atoms with Crippen LogP contribution in [0.15, 0.2) is 41.4 Å². The quantitative estimate of drug-likeness (QED) is 0.316. The molecule has 5 nitrogen and oxygen atoms in total. The zero-order chi connectivity index (χ0) is 15.5. The average Bonchev–Trinajstić information content (AvgIpc) is 2.49. The molecule has 1 rings (SSSR count). The Labute approximate surface area is 126 Å². The van der Waals surface area contributed by atoms with Gasteiger partial charge in [0.25, 0.3) is 0 Å². The van der Waals surface area contributed by atoms with Crippen LogP contribution in [0.2, 0.25) is 0 Å². The highest BCUT2D eigenvalue weighted by Crippen LogP contribution is 2.11. The molecule has 0 saturated heterocycles. The van der Waals surface area contributed by atoms with E-state index in [0.29, 0.717) is 25.7 Å². The van der Waals surface area contributed by atoms with E-state index in [1.165, 1.54) is 0 Å². The molecule has 21 heavy (non-hydrogen) atoms. The number of benzene rings is 1. The molecule has 0 aromatic heterocycles. The molecule has 1 aromatic rings. The Morgan fingerprint density at radius 1 is 1.33 bits per heavy atom. The van der Waals surface area contributed by atoms with Gasteiger partial charge in [-0.15, -0.1) is 0 Å². The summed E-state index contributed by atoms with van der Waals surface area (Å²) in [5.41, 5.74) is 7.82. The van der Waals surface area contributed by atoms with Gasteiger partial charge in [-0.1, -0.05) is 24.3 Å². The van der Waals surface area contributed by atoms with Gasteiger partial charge in [-0.25, -0.2) is 4.99 Å². The van der Waals surface area contributed by atoms with Crippen molar-refractivity contribution in [3.05, 3.63) is 42.0 Å². The summed E-state index contributed by atoms with van der Waals surface area (Å²) in [6.07, 6.45) is 0.874. The third-order valence-electron chi connectivity index (χ3n) is 2.72. The Morgan fingerprint density at radius 2 is 2.05 bits per heavy atom. The Kier molecular flexibility index (Phi) is 7.97. The van der Waals surface area contributed by atoms with Crippen molar-refractivity contribution in [3.63, 3.8) is 0 Å². The first-order valence-electron chi connectivity index (χ1n) is 7.00. The number of nitrogens with two attached hydrogens (primary N) is 1. The molecule has 1 aromatic carbocycles. The summed E-state index contributed by atoms with van der Waals surface area (Å²) in [4.78, 5) is 4.14. The molecule has 0 radical (unpaired) electrons. The van der Waals surface area contributed by atoms with Crippen LogP contribution in [0.5, 0.6) is 5.75 Å². The predicted octanol–water partition coefficient (Wildman–Crippen LogP) is 2.08. The SMILES string of the molecule is C=C(C)CN=C(N)NCCCOCc1ccc(OC)cc1. The highest BCUT2D eigenvalue weighted by molar-refractivity contribution is 5.77. The Bertz CT molecular complexity index is 455. The van der Waals surface area contributed by atoms with Crippen molar-refractivity contribution < 1.29 is 9.47 Å². The second-order valence-electron chi connectivity index (χ2n) is 4.84. The lowest BCUT2D eigenvalue weighted by atomic mass is 10.2. The summed E-state index contributed by atoms with van der Waals surface area (Å²) in [7, 11) is 1.66. The first-order chi connectivity index (χ1) is 10.1. The molecule has 0 fully saturated rings. The minimum absolute atomic E-state index is 0.452. The molecule has 0 aliphatic carbocycles. The van der Waals surface area contributed by atoms with Gasteiger partial charge in [0, 0.05) is 13.2 Å². The van der Waals surface area contributed by atoms with Crippen molar-refractivity contribution >= 4 is 5.96 Å². The first kappa shape index (κ1) is 17.0. The van der Waals surface area contributed by atoms with E-state index in [0.717, 1.165) is 29.9 Å². The van der Waals surface area contributed by atoms with E-state index in [9.17, 15) is 0 Å². The summed E-state index contributed by atoms with van der Waals surface area (Å²) in [5, 5.41) is 3.04. The lowest BCUT2D eigenvalue weighted by Gasteiger charge is -2.07. The van der Waals surface area contributed by atoms with Gasteiger partial charge >= 0.3 is 0 Å². The van der Waals surface area contributed by atoms with Crippen LogP contribution in [-0.4, -0.2) is 32.8 Å². The lowest BCUT2D eigenvalue weighted by Crippen LogP contribution is -2.33. The number of nitrogens with zero attached hydrogens (tertiary/aromatic N) is 1. The van der Waals surface area contributed by atoms with Crippen LogP contribution in [0.1, 0.15) is 18.9 Å². The van der Waals surface area contributed by atoms with E-state index in [4.69, 9.17) is 15.2 Å². The molecule has 0 saturated carbocycles. The molecule has 0 heterocycles. The molecule has 116 valence electrons. The fourth-order valence-corrected chi connectivity index (χ4v) is 1.58. The van der Waals surface area contributed by atoms with E-state index in [2.05, 4.69) is 16.9 Å². The molecule has 0 aliphatic heterocycles. The molecule has 0 unspecified atom stereocenters. The number of methoxy groups -OCH3 is 1. The average molecular weight is 291 g/mol. The van der Waals surface area contributed by atoms with Crippen LogP contribution in [0.4, 0.5) is 0 Å². The van der Waals surface area contributed by atoms with Gasteiger partial charge in [-0.05, 0) is 31.0 Å². The number of hydrogen-bond acceptors (Lipinski definition) is 3. The zero-order valence-corrected chi connectivity index (χ0v) is 12.9. The maximum Gasteiger partial charge on any atom is 0.188 e. The third kappa shape index (κ3) is 7.99. The molecule has 0 aliphatic rings. The summed E-state index contributed by atoms with van der Waals surface area (Å²) < 4.78 is 10.7. The molecular formula is C16H25N3O2. The zero-order valence-electron chi connectivity index (χ0n) is 12.9. The third-order valence-corrected chi connectivity index (χ3v) is 2.72. The van der Waals surface area contributed by atoms with Crippen molar-refractivity contribution in [1.82, 2.24) is 5.32 Å². The number of rotatable bonds is 9. The lowest BCUT2D eigenvalue weighted by molar-refractivity contribution is 0.119. The summed E-state index contributed by atoms with van der Waals surface area (Å²) in [6.45, 7) is 8.27. The van der Waals surface area contributed by atoms with Crippen LogP contribution >= 0.6 is 0 Å². The largest absolute Gasteiger partial charge is 0.497 e. The molecular weight excluding hydrogens is 266 g/mol. The summed E-state index contributed by atoms with van der Waals surface area (Å²) >= 11 is 0. The maximum atomic E-state index is 5.70. The standard InChI is InChI=1S/C16H25N3O2/c1-13(2)11-19-16(17)18-9-4-10-21-12-14-5-7-15(20-3)8-6-14/h5-8H,1,4,9-12H2,2-3H3,(H3,17,18,19). The molecule has 0 atom stereocenters. The van der Waals surface area contributed by atoms with Gasteiger partial charge in [-0.2, -0.15) is 0 Å². The number of ether oxygens (including phenoxy) is 2. The number of hydrogen-bond donors (Lipinski definition) is 2. The van der Waals surface area contributed by atoms with Gasteiger partial charge < -0.3 is 20.5 Å². The minimum Gasteiger partial charge on any atom is -0.497 e. The number of guanidine groups is 1. The fourth-order valence-electron chi connectivity index (χ4n) is 1.58. The van der Waals surface area contributed by atoms with E-state index >= 15 is 0 Å². The van der Waals surface area contributed by atoms with Gasteiger partial charge in [0.05, 0.1) is 20.3 Å². The monoisotopic (exact) mass is 291 g/mol. The highest BCUT2D eigenvalue weighted by atomic mass is 16.5. The van der Waals surface area contributed by atoms with Crippen LogP contribution in [-0.2, 0) is 11.3 Å². The smallest absolute Gasteiger partial charge is 0.188 e. The number of aliphatic imine (C=N–C) groups is 1. The van der Waals surface area contributed by atoms with E-state index < -0.39 is 0 Å². The van der Waals surface area contributed by atoms with Crippen molar-refractivity contribution in [1.29, 1.82) is 0 Å². The van der Waals surface area contributed by atoms with Crippen LogP contribution in [0.3, 0.4) is 0 Å². The van der Waals surface area contributed by atoms with Crippen molar-refractivity contribution in [2.75, 3.05) is 26.8 Å². The van der Waals surface area contributed by atoms with Gasteiger partial charge in [0.1, 0.15) is 5.75 Å². The molecule has 0 amide bonds. The Balaban J connectivity index is 2.08. The summed E-state index contributed by atoms with van der Waals surface area (Å²) in [5.74, 6) is 1.31. The van der Waals surface area contributed by atoms with Crippen molar-refractivity contribution in [2.24, 2.45) is 10.7 Å². The summed E-state index contributed by atoms with van der Waals surface area (Å²) in [6, 6.07) is 7.86. The second-order valence-corrected chi connectivity index (χ2v) is 4.84. The normalized spacial score (nSPS) is 11.2. The van der Waals surface area contributed by atoms with Crippen LogP contribution in [0, 0.1) is 0 Å². The topological polar surface area (TPSA) is 68.9 Å². The van der Waals surface area contributed by atoms with E-state index in [1.807, 2.05) is 31.2 Å². The second kappa shape index (κ2) is 9.83. The molecule has 5 heteroatoms. The van der Waals surface area contributed by atoms with Crippen LogP contribution < -0.4 is 15.8 Å². The van der Waals surface area contributed by atoms with Crippen LogP contribution in [0.25, 0.3) is 0 Å². The molecule has 0 spiro atoms. The van der Waals surface area contributed by atoms with E-state index in [-0.39, 0.29) is 0 Å². The number of nitrogens with one attached hydrogen (secondary N) is 1. The Morgan fingerprint density at radius 3 is 2.67 bits per heavy atom. The molecule has 3 N–H and O–H groups in total. The maximum absolute atomic E-state index is 5.70. The van der Waals surface area contributed by atoms with Gasteiger partial charge in [0.2, 0.25) is 0 Å². The first-order valence-corrected chi connectivity index (χ1v) is 7.00. The predicted molar refractivity (Wildman–Crippen MR) is 86.6 cm³/mol. The van der Waals surface area contributed by atoms with Crippen molar-refractivity contribution in [2.45, 2.75) is 20.0 Å². The minimum atomic E-state index is 0.452. The fraction of sp³-hybridized carbons (Fsp3) is 0.438. The van der Waals surface area contributed by atoms with E-state index in [1.54, 1.807) is 7.11 Å². The van der Waals surface area contributed by atoms with Gasteiger partial charge in [0.15, 0.2) is 5.96 Å². The Hall–Kier alpha value is -2.01. The molecule has 0 bridgehead atoms. The van der Waals surface area contributed by atoms with Gasteiger partial charge in [-0.3, -0.25) is 0 Å². The van der Waals surface area contributed by atoms with Crippen molar-refractivity contribution in [3.8, 4) is 5.75 Å². The highest BCUT2D eigenvalue weighted by Gasteiger charge is 1.96.